The van der Waals surface area contributed by atoms with Crippen LogP contribution in [-0.2, 0) is 9.53 Å². The second-order valence-corrected chi connectivity index (χ2v) is 8.30. The van der Waals surface area contributed by atoms with Crippen molar-refractivity contribution in [2.45, 2.75) is 25.9 Å². The van der Waals surface area contributed by atoms with E-state index in [4.69, 9.17) is 14.6 Å². The van der Waals surface area contributed by atoms with Gasteiger partial charge in [-0.15, -0.1) is 0 Å². The number of benzene rings is 2. The lowest BCUT2D eigenvalue weighted by molar-refractivity contribution is -0.117. The minimum atomic E-state index is -0.425. The molecule has 1 saturated heterocycles. The normalized spacial score (nSPS) is 15.4. The first-order valence-electron chi connectivity index (χ1n) is 11.6. The molecule has 1 atom stereocenters. The summed E-state index contributed by atoms with van der Waals surface area (Å²) >= 11 is 0. The van der Waals surface area contributed by atoms with Crippen LogP contribution in [-0.4, -0.2) is 41.6 Å². The molecule has 1 aliphatic heterocycles. The Kier molecular flexibility index (Phi) is 7.76. The van der Waals surface area contributed by atoms with Gasteiger partial charge in [0.25, 0.3) is 5.91 Å². The molecule has 1 amide bonds. The van der Waals surface area contributed by atoms with Crippen LogP contribution in [0.5, 0.6) is 5.75 Å². The van der Waals surface area contributed by atoms with E-state index in [9.17, 15) is 10.1 Å². The van der Waals surface area contributed by atoms with Gasteiger partial charge in [0.15, 0.2) is 0 Å². The van der Waals surface area contributed by atoms with Crippen molar-refractivity contribution in [2.75, 3.05) is 19.8 Å². The zero-order chi connectivity index (χ0) is 24.6. The Balaban J connectivity index is 1.69. The number of hydrogen-bond acceptors (Lipinski definition) is 5. The maximum atomic E-state index is 12.8. The minimum absolute atomic E-state index is 0.000225. The second-order valence-electron chi connectivity index (χ2n) is 8.30. The maximum Gasteiger partial charge on any atom is 0.262 e. The van der Waals surface area contributed by atoms with Gasteiger partial charge < -0.3 is 14.8 Å². The topological polar surface area (TPSA) is 89.2 Å². The summed E-state index contributed by atoms with van der Waals surface area (Å²) in [7, 11) is 0. The number of hydrogen-bond donors (Lipinski definition) is 1. The van der Waals surface area contributed by atoms with Gasteiger partial charge in [0, 0.05) is 30.5 Å². The largest absolute Gasteiger partial charge is 0.490 e. The Morgan fingerprint density at radius 2 is 2.17 bits per heavy atom. The highest BCUT2D eigenvalue weighted by Crippen LogP contribution is 2.30. The van der Waals surface area contributed by atoms with Gasteiger partial charge in [0.05, 0.1) is 11.8 Å². The van der Waals surface area contributed by atoms with Crippen molar-refractivity contribution in [2.24, 2.45) is 0 Å². The summed E-state index contributed by atoms with van der Waals surface area (Å²) in [6, 6.07) is 17.5. The Morgan fingerprint density at radius 3 is 2.86 bits per heavy atom. The number of nitriles is 1. The van der Waals surface area contributed by atoms with Crippen LogP contribution in [0.2, 0.25) is 0 Å². The summed E-state index contributed by atoms with van der Waals surface area (Å²) in [5.41, 5.74) is 4.07. The Bertz CT molecular complexity index is 1270. The zero-order valence-corrected chi connectivity index (χ0v) is 19.7. The van der Waals surface area contributed by atoms with Crippen LogP contribution in [0.3, 0.4) is 0 Å². The van der Waals surface area contributed by atoms with Crippen molar-refractivity contribution in [3.05, 3.63) is 84.1 Å². The molecular formula is C28H28N4O3. The molecule has 0 saturated carbocycles. The van der Waals surface area contributed by atoms with E-state index in [0.29, 0.717) is 31.0 Å². The highest BCUT2D eigenvalue weighted by atomic mass is 16.5. The van der Waals surface area contributed by atoms with Crippen molar-refractivity contribution in [3.8, 4) is 28.8 Å². The SMILES string of the molecule is C=CCOc1ccc(-c2nn(-c3ccccc3)cc2/C=C(/C#N)C(=O)NCC2CCCO2)c(C)c1. The third-order valence-electron chi connectivity index (χ3n) is 5.76. The first-order valence-corrected chi connectivity index (χ1v) is 11.6. The first kappa shape index (κ1) is 24.0. The van der Waals surface area contributed by atoms with Gasteiger partial charge >= 0.3 is 0 Å². The van der Waals surface area contributed by atoms with Crippen LogP contribution in [0.1, 0.15) is 24.0 Å². The molecule has 4 rings (SSSR count). The fourth-order valence-electron chi connectivity index (χ4n) is 3.97. The molecule has 2 heterocycles. The average molecular weight is 469 g/mol. The molecule has 1 aliphatic rings. The fraction of sp³-hybridized carbons (Fsp3) is 0.250. The first-order chi connectivity index (χ1) is 17.1. The number of carbonyl (C=O) groups is 1. The molecule has 3 aromatic rings. The molecule has 1 unspecified atom stereocenters. The fourth-order valence-corrected chi connectivity index (χ4v) is 3.97. The van der Waals surface area contributed by atoms with Crippen molar-refractivity contribution >= 4 is 12.0 Å². The van der Waals surface area contributed by atoms with Crippen LogP contribution in [0.25, 0.3) is 23.0 Å². The van der Waals surface area contributed by atoms with Gasteiger partial charge in [-0.05, 0) is 61.7 Å². The molecule has 2 aromatic carbocycles. The van der Waals surface area contributed by atoms with Gasteiger partial charge in [0.2, 0.25) is 0 Å². The number of nitrogens with zero attached hydrogens (tertiary/aromatic N) is 3. The lowest BCUT2D eigenvalue weighted by Crippen LogP contribution is -2.32. The number of aryl methyl sites for hydroxylation is 1. The van der Waals surface area contributed by atoms with Crippen molar-refractivity contribution in [1.29, 1.82) is 5.26 Å². The summed E-state index contributed by atoms with van der Waals surface area (Å²) in [6.45, 7) is 7.17. The lowest BCUT2D eigenvalue weighted by Gasteiger charge is -2.10. The number of aromatic nitrogens is 2. The summed E-state index contributed by atoms with van der Waals surface area (Å²) < 4.78 is 13.0. The highest BCUT2D eigenvalue weighted by Gasteiger charge is 2.19. The Labute approximate surface area is 205 Å². The van der Waals surface area contributed by atoms with E-state index < -0.39 is 5.91 Å². The summed E-state index contributed by atoms with van der Waals surface area (Å²) in [5.74, 6) is 0.309. The molecule has 0 radical (unpaired) electrons. The number of ether oxygens (including phenoxy) is 2. The molecule has 1 aromatic heterocycles. The van der Waals surface area contributed by atoms with Crippen molar-refractivity contribution in [3.63, 3.8) is 0 Å². The van der Waals surface area contributed by atoms with Gasteiger partial charge in [0.1, 0.15) is 29.7 Å². The van der Waals surface area contributed by atoms with Crippen LogP contribution in [0, 0.1) is 18.3 Å². The second kappa shape index (κ2) is 11.3. The number of amides is 1. The van der Waals surface area contributed by atoms with E-state index in [1.54, 1.807) is 16.8 Å². The van der Waals surface area contributed by atoms with Gasteiger partial charge in [-0.2, -0.15) is 10.4 Å². The average Bonchev–Trinajstić information content (AvgIpc) is 3.55. The van der Waals surface area contributed by atoms with Crippen molar-refractivity contribution in [1.82, 2.24) is 15.1 Å². The molecule has 178 valence electrons. The number of para-hydroxylation sites is 1. The Morgan fingerprint density at radius 1 is 1.34 bits per heavy atom. The number of nitrogens with one attached hydrogen (secondary N) is 1. The number of carbonyl (C=O) groups excluding carboxylic acids is 1. The predicted molar refractivity (Wildman–Crippen MR) is 135 cm³/mol. The molecule has 1 fully saturated rings. The maximum absolute atomic E-state index is 12.8. The summed E-state index contributed by atoms with van der Waals surface area (Å²) in [6.07, 6.45) is 7.01. The van der Waals surface area contributed by atoms with Gasteiger partial charge in [-0.25, -0.2) is 4.68 Å². The van der Waals surface area contributed by atoms with E-state index in [0.717, 1.165) is 35.4 Å². The molecule has 7 heteroatoms. The predicted octanol–water partition coefficient (Wildman–Crippen LogP) is 4.61. The third-order valence-corrected chi connectivity index (χ3v) is 5.76. The molecule has 35 heavy (non-hydrogen) atoms. The molecule has 1 N–H and O–H groups in total. The van der Waals surface area contributed by atoms with Crippen molar-refractivity contribution < 1.29 is 14.3 Å². The van der Waals surface area contributed by atoms with Crippen LogP contribution in [0.15, 0.2) is 73.0 Å². The molecule has 0 aliphatic carbocycles. The smallest absolute Gasteiger partial charge is 0.262 e. The molecular weight excluding hydrogens is 440 g/mol. The standard InChI is InChI=1S/C28H28N4O3/c1-3-13-34-24-11-12-26(20(2)15-24)27-22(19-32(31-27)23-8-5-4-6-9-23)16-21(17-29)28(33)30-18-25-10-7-14-35-25/h3-6,8-9,11-12,15-16,19,25H,1,7,10,13-14,18H2,2H3,(H,30,33)/b21-16-. The quantitative estimate of drug-likeness (QED) is 0.281. The van der Waals surface area contributed by atoms with Gasteiger partial charge in [-0.3, -0.25) is 4.79 Å². The molecule has 0 bridgehead atoms. The van der Waals surface area contributed by atoms with E-state index in [2.05, 4.69) is 11.9 Å². The lowest BCUT2D eigenvalue weighted by atomic mass is 10.0. The monoisotopic (exact) mass is 468 g/mol. The Hall–Kier alpha value is -4.15. The van der Waals surface area contributed by atoms with E-state index >= 15 is 0 Å². The van der Waals surface area contributed by atoms with Crippen LogP contribution in [0.4, 0.5) is 0 Å². The van der Waals surface area contributed by atoms with Crippen LogP contribution < -0.4 is 10.1 Å². The number of rotatable bonds is 9. The minimum Gasteiger partial charge on any atom is -0.490 e. The summed E-state index contributed by atoms with van der Waals surface area (Å²) in [4.78, 5) is 12.8. The molecule has 7 nitrogen and oxygen atoms in total. The molecule has 0 spiro atoms. The van der Waals surface area contributed by atoms with Crippen LogP contribution >= 0.6 is 0 Å². The van der Waals surface area contributed by atoms with Gasteiger partial charge in [-0.1, -0.05) is 30.9 Å². The third kappa shape index (κ3) is 5.86. The highest BCUT2D eigenvalue weighted by molar-refractivity contribution is 6.02. The summed E-state index contributed by atoms with van der Waals surface area (Å²) in [5, 5.41) is 17.4. The van der Waals surface area contributed by atoms with E-state index in [1.807, 2.05) is 67.7 Å². The van der Waals surface area contributed by atoms with E-state index in [1.165, 1.54) is 0 Å². The zero-order valence-electron chi connectivity index (χ0n) is 19.7. The van der Waals surface area contributed by atoms with E-state index in [-0.39, 0.29) is 11.7 Å².